The first-order valence-corrected chi connectivity index (χ1v) is 10.2. The van der Waals surface area contributed by atoms with Gasteiger partial charge in [0.2, 0.25) is 0 Å². The van der Waals surface area contributed by atoms with Crippen molar-refractivity contribution in [2.75, 3.05) is 13.1 Å². The van der Waals surface area contributed by atoms with Crippen LogP contribution in [-0.4, -0.2) is 18.0 Å². The van der Waals surface area contributed by atoms with E-state index in [1.165, 1.54) is 33.7 Å². The van der Waals surface area contributed by atoms with Gasteiger partial charge >= 0.3 is 0 Å². The molecule has 0 radical (unpaired) electrons. The van der Waals surface area contributed by atoms with Crippen molar-refractivity contribution >= 4 is 28.2 Å². The molecule has 0 atom stereocenters. The minimum atomic E-state index is 1.07. The Hall–Kier alpha value is -1.68. The van der Waals surface area contributed by atoms with Crippen molar-refractivity contribution in [2.45, 2.75) is 19.4 Å². The molecule has 0 aliphatic carbocycles. The molecule has 0 amide bonds. The van der Waals surface area contributed by atoms with E-state index < -0.39 is 0 Å². The van der Waals surface area contributed by atoms with Crippen molar-refractivity contribution in [2.24, 2.45) is 0 Å². The molecule has 1 aliphatic heterocycles. The molecule has 3 heteroatoms. The molecule has 0 saturated carbocycles. The van der Waals surface area contributed by atoms with Crippen LogP contribution in [0.3, 0.4) is 0 Å². The normalized spacial score (nSPS) is 15.6. The number of hydrogen-bond donors (Lipinski definition) is 0. The van der Waals surface area contributed by atoms with E-state index in [0.717, 1.165) is 19.6 Å². The van der Waals surface area contributed by atoms with Crippen LogP contribution in [0.2, 0.25) is 0 Å². The zero-order valence-electron chi connectivity index (χ0n) is 13.7. The zero-order valence-corrected chi connectivity index (χ0v) is 15.3. The summed E-state index contributed by atoms with van der Waals surface area (Å²) in [7, 11) is 0. The minimum absolute atomic E-state index is 1.07. The first kappa shape index (κ1) is 15.8. The minimum Gasteiger partial charge on any atom is -0.298 e. The third kappa shape index (κ3) is 3.54. The van der Waals surface area contributed by atoms with Gasteiger partial charge in [-0.1, -0.05) is 48.0 Å². The molecule has 3 aromatic rings. The number of rotatable bonds is 4. The molecule has 4 rings (SSSR count). The molecular formula is C21H21NS2. The van der Waals surface area contributed by atoms with E-state index in [0.29, 0.717) is 0 Å². The van der Waals surface area contributed by atoms with Crippen LogP contribution in [0.1, 0.15) is 28.2 Å². The highest BCUT2D eigenvalue weighted by Gasteiger charge is 2.20. The highest BCUT2D eigenvalue weighted by Crippen LogP contribution is 2.36. The third-order valence-corrected chi connectivity index (χ3v) is 6.37. The molecule has 1 fully saturated rings. The lowest BCUT2D eigenvalue weighted by Crippen LogP contribution is -2.30. The fourth-order valence-corrected chi connectivity index (χ4v) is 5.11. The van der Waals surface area contributed by atoms with Crippen LogP contribution >= 0.6 is 22.7 Å². The summed E-state index contributed by atoms with van der Waals surface area (Å²) < 4.78 is 0. The second kappa shape index (κ2) is 7.47. The summed E-state index contributed by atoms with van der Waals surface area (Å²) in [5.41, 5.74) is 4.55. The summed E-state index contributed by atoms with van der Waals surface area (Å²) >= 11 is 3.72. The molecule has 122 valence electrons. The van der Waals surface area contributed by atoms with E-state index in [2.05, 4.69) is 70.3 Å². The maximum Gasteiger partial charge on any atom is 0.0356 e. The number of likely N-dealkylation sites (tertiary alicyclic amines) is 1. The highest BCUT2D eigenvalue weighted by atomic mass is 32.1. The Labute approximate surface area is 151 Å². The van der Waals surface area contributed by atoms with Gasteiger partial charge in [-0.05, 0) is 41.3 Å². The molecule has 2 aromatic heterocycles. The average molecular weight is 352 g/mol. The van der Waals surface area contributed by atoms with Crippen LogP contribution in [0.5, 0.6) is 0 Å². The fourth-order valence-electron chi connectivity index (χ4n) is 3.38. The van der Waals surface area contributed by atoms with Crippen molar-refractivity contribution in [3.63, 3.8) is 0 Å². The van der Waals surface area contributed by atoms with Gasteiger partial charge < -0.3 is 0 Å². The Kier molecular flexibility index (Phi) is 4.93. The number of benzene rings is 1. The maximum atomic E-state index is 2.58. The summed E-state index contributed by atoms with van der Waals surface area (Å²) in [6, 6.07) is 19.7. The fraction of sp³-hybridized carbons (Fsp3) is 0.238. The zero-order chi connectivity index (χ0) is 16.2. The first-order chi connectivity index (χ1) is 11.9. The lowest BCUT2D eigenvalue weighted by Gasteiger charge is -2.29. The summed E-state index contributed by atoms with van der Waals surface area (Å²) in [4.78, 5) is 5.42. The number of thiophene rings is 2. The quantitative estimate of drug-likeness (QED) is 0.565. The van der Waals surface area contributed by atoms with E-state index in [9.17, 15) is 0 Å². The van der Waals surface area contributed by atoms with E-state index in [1.807, 2.05) is 22.7 Å². The van der Waals surface area contributed by atoms with Gasteiger partial charge in [0.15, 0.2) is 0 Å². The summed E-state index contributed by atoms with van der Waals surface area (Å²) in [6.45, 7) is 3.39. The predicted octanol–water partition coefficient (Wildman–Crippen LogP) is 5.91. The average Bonchev–Trinajstić information content (AvgIpc) is 3.32. The highest BCUT2D eigenvalue weighted by molar-refractivity contribution is 7.13. The van der Waals surface area contributed by atoms with Gasteiger partial charge in [0, 0.05) is 35.0 Å². The number of nitrogens with zero attached hydrogens (tertiary/aromatic N) is 1. The Morgan fingerprint density at radius 3 is 1.96 bits per heavy atom. The molecule has 1 aromatic carbocycles. The molecular weight excluding hydrogens is 330 g/mol. The largest absolute Gasteiger partial charge is 0.298 e. The second-order valence-corrected chi connectivity index (χ2v) is 8.09. The van der Waals surface area contributed by atoms with Crippen molar-refractivity contribution in [3.8, 4) is 0 Å². The van der Waals surface area contributed by atoms with Gasteiger partial charge in [-0.3, -0.25) is 4.90 Å². The lowest BCUT2D eigenvalue weighted by molar-refractivity contribution is 0.248. The molecule has 1 saturated heterocycles. The first-order valence-electron chi connectivity index (χ1n) is 8.46. The van der Waals surface area contributed by atoms with E-state index in [-0.39, 0.29) is 0 Å². The predicted molar refractivity (Wildman–Crippen MR) is 106 cm³/mol. The monoisotopic (exact) mass is 351 g/mol. The molecule has 1 aliphatic rings. The van der Waals surface area contributed by atoms with Crippen LogP contribution in [0.25, 0.3) is 5.57 Å². The van der Waals surface area contributed by atoms with E-state index in [1.54, 1.807) is 5.57 Å². The second-order valence-electron chi connectivity index (χ2n) is 6.19. The summed E-state index contributed by atoms with van der Waals surface area (Å²) in [6.07, 6.45) is 2.36. The topological polar surface area (TPSA) is 3.24 Å². The Morgan fingerprint density at radius 1 is 0.792 bits per heavy atom. The summed E-state index contributed by atoms with van der Waals surface area (Å²) in [5, 5.41) is 4.38. The maximum absolute atomic E-state index is 2.58. The molecule has 0 unspecified atom stereocenters. The van der Waals surface area contributed by atoms with Gasteiger partial charge in [-0.25, -0.2) is 0 Å². The van der Waals surface area contributed by atoms with Crippen molar-refractivity contribution < 1.29 is 0 Å². The Balaban J connectivity index is 1.53. The van der Waals surface area contributed by atoms with Gasteiger partial charge in [0.1, 0.15) is 0 Å². The smallest absolute Gasteiger partial charge is 0.0356 e. The van der Waals surface area contributed by atoms with Crippen molar-refractivity contribution in [3.05, 3.63) is 86.2 Å². The van der Waals surface area contributed by atoms with Gasteiger partial charge in [-0.2, -0.15) is 0 Å². The lowest BCUT2D eigenvalue weighted by atomic mass is 9.95. The van der Waals surface area contributed by atoms with Gasteiger partial charge in [0.05, 0.1) is 0 Å². The van der Waals surface area contributed by atoms with Gasteiger partial charge in [0.25, 0.3) is 0 Å². The summed E-state index contributed by atoms with van der Waals surface area (Å²) in [5.74, 6) is 0. The molecule has 3 heterocycles. The van der Waals surface area contributed by atoms with E-state index >= 15 is 0 Å². The van der Waals surface area contributed by atoms with Crippen molar-refractivity contribution in [1.82, 2.24) is 4.90 Å². The van der Waals surface area contributed by atoms with E-state index in [4.69, 9.17) is 0 Å². The van der Waals surface area contributed by atoms with Gasteiger partial charge in [-0.15, -0.1) is 22.7 Å². The number of piperidine rings is 1. The Morgan fingerprint density at radius 2 is 1.42 bits per heavy atom. The van der Waals surface area contributed by atoms with Crippen LogP contribution in [0.15, 0.2) is 70.9 Å². The molecule has 0 spiro atoms. The molecule has 1 nitrogen and oxygen atoms in total. The van der Waals surface area contributed by atoms with Crippen LogP contribution in [0, 0.1) is 0 Å². The standard InChI is InChI=1S/C21H21NS2/c1-2-6-17(7-3-1)16-22-12-10-18(11-13-22)21(19-8-4-14-23-19)20-9-5-15-24-20/h1-9,14-15H,10-13,16H2. The number of hydrogen-bond acceptors (Lipinski definition) is 3. The van der Waals surface area contributed by atoms with Crippen LogP contribution in [0.4, 0.5) is 0 Å². The Bertz CT molecular complexity index is 740. The van der Waals surface area contributed by atoms with Crippen LogP contribution in [-0.2, 0) is 6.54 Å². The molecule has 0 N–H and O–H groups in total. The molecule has 0 bridgehead atoms. The molecule has 24 heavy (non-hydrogen) atoms. The van der Waals surface area contributed by atoms with Crippen molar-refractivity contribution in [1.29, 1.82) is 0 Å². The third-order valence-electron chi connectivity index (χ3n) is 4.60. The van der Waals surface area contributed by atoms with Crippen LogP contribution < -0.4 is 0 Å². The SMILES string of the molecule is c1ccc(CN2CCC(=C(c3cccs3)c3cccs3)CC2)cc1.